The summed E-state index contributed by atoms with van der Waals surface area (Å²) < 4.78 is 3.35. The summed E-state index contributed by atoms with van der Waals surface area (Å²) in [6.07, 6.45) is 0. The number of halogens is 4. The van der Waals surface area contributed by atoms with E-state index in [0.29, 0.717) is 0 Å². The zero-order valence-corrected chi connectivity index (χ0v) is 16.6. The molecule has 0 heterocycles. The predicted octanol–water partition coefficient (Wildman–Crippen LogP) is 6.76. The molecule has 2 aromatic rings. The van der Waals surface area contributed by atoms with Gasteiger partial charge in [-0.15, -0.1) is 11.6 Å². The first-order chi connectivity index (χ1) is 8.91. The molecule has 100 valence electrons. The van der Waals surface area contributed by atoms with Crippen LogP contribution in [0.25, 0.3) is 0 Å². The van der Waals surface area contributed by atoms with Gasteiger partial charge in [-0.25, -0.2) is 0 Å². The third kappa shape index (κ3) is 3.36. The van der Waals surface area contributed by atoms with Crippen LogP contribution in [0.1, 0.15) is 27.6 Å². The Morgan fingerprint density at radius 1 is 1.00 bits per heavy atom. The van der Waals surface area contributed by atoms with E-state index in [-0.39, 0.29) is 5.38 Å². The summed E-state index contributed by atoms with van der Waals surface area (Å²) in [5.41, 5.74) is 4.69. The summed E-state index contributed by atoms with van der Waals surface area (Å²) in [5.74, 6) is 0. The maximum atomic E-state index is 6.68. The van der Waals surface area contributed by atoms with E-state index in [0.717, 1.165) is 20.1 Å². The molecular weight excluding hydrogens is 502 g/mol. The smallest absolute Gasteiger partial charge is 0.0857 e. The average molecular weight is 514 g/mol. The first-order valence-corrected chi connectivity index (χ1v) is 8.86. The summed E-state index contributed by atoms with van der Waals surface area (Å²) >= 11 is 16.2. The van der Waals surface area contributed by atoms with E-state index >= 15 is 0 Å². The molecule has 0 amide bonds. The van der Waals surface area contributed by atoms with Crippen molar-refractivity contribution >= 4 is 66.1 Å². The van der Waals surface area contributed by atoms with Gasteiger partial charge in [-0.2, -0.15) is 0 Å². The van der Waals surface area contributed by atoms with Gasteiger partial charge in [0.1, 0.15) is 0 Å². The fourth-order valence-corrected chi connectivity index (χ4v) is 4.29. The van der Waals surface area contributed by atoms with E-state index in [1.807, 2.05) is 0 Å². The van der Waals surface area contributed by atoms with Crippen LogP contribution in [0.5, 0.6) is 0 Å². The minimum atomic E-state index is -0.155. The third-order valence-corrected chi connectivity index (χ3v) is 6.53. The highest BCUT2D eigenvalue weighted by Gasteiger charge is 2.18. The SMILES string of the molecule is Cc1cc(Br)c(C(Cl)c2cccc(C)c2I)cc1Br. The molecule has 0 saturated carbocycles. The Bertz CT molecular complexity index is 626. The van der Waals surface area contributed by atoms with Gasteiger partial charge in [0.15, 0.2) is 0 Å². The Hall–Kier alpha value is 0.420. The zero-order chi connectivity index (χ0) is 14.2. The first-order valence-electron chi connectivity index (χ1n) is 5.76. The largest absolute Gasteiger partial charge is 0.113 e. The minimum Gasteiger partial charge on any atom is -0.113 e. The number of hydrogen-bond donors (Lipinski definition) is 0. The normalized spacial score (nSPS) is 12.5. The fraction of sp³-hybridized carbons (Fsp3) is 0.200. The number of rotatable bonds is 2. The fourth-order valence-electron chi connectivity index (χ4n) is 1.89. The zero-order valence-electron chi connectivity index (χ0n) is 10.5. The molecule has 0 spiro atoms. The van der Waals surface area contributed by atoms with Crippen LogP contribution in [0.15, 0.2) is 39.3 Å². The lowest BCUT2D eigenvalue weighted by Crippen LogP contribution is -1.99. The number of alkyl halides is 1. The van der Waals surface area contributed by atoms with Crippen molar-refractivity contribution < 1.29 is 0 Å². The van der Waals surface area contributed by atoms with E-state index in [4.69, 9.17) is 11.6 Å². The molecule has 0 aromatic heterocycles. The standard InChI is InChI=1S/C15H12Br2ClI/c1-8-4-3-5-10(15(8)19)14(18)11-7-12(16)9(2)6-13(11)17/h3-7,14H,1-2H3. The van der Waals surface area contributed by atoms with Crippen molar-refractivity contribution in [2.45, 2.75) is 19.2 Å². The van der Waals surface area contributed by atoms with E-state index in [1.54, 1.807) is 0 Å². The van der Waals surface area contributed by atoms with Gasteiger partial charge >= 0.3 is 0 Å². The van der Waals surface area contributed by atoms with Gasteiger partial charge in [0.2, 0.25) is 0 Å². The van der Waals surface area contributed by atoms with Gasteiger partial charge in [-0.1, -0.05) is 50.1 Å². The molecule has 0 saturated heterocycles. The molecule has 0 N–H and O–H groups in total. The van der Waals surface area contributed by atoms with E-state index < -0.39 is 0 Å². The molecule has 0 fully saturated rings. The van der Waals surface area contributed by atoms with Crippen molar-refractivity contribution in [1.82, 2.24) is 0 Å². The van der Waals surface area contributed by atoms with Gasteiger partial charge in [-0.05, 0) is 70.8 Å². The molecule has 0 aliphatic carbocycles. The minimum absolute atomic E-state index is 0.155. The number of aryl methyl sites for hydroxylation is 2. The van der Waals surface area contributed by atoms with Crippen molar-refractivity contribution in [3.63, 3.8) is 0 Å². The molecule has 4 heteroatoms. The third-order valence-electron chi connectivity index (χ3n) is 3.05. The quantitative estimate of drug-likeness (QED) is 0.307. The molecule has 0 nitrogen and oxygen atoms in total. The van der Waals surface area contributed by atoms with Crippen LogP contribution >= 0.6 is 66.1 Å². The van der Waals surface area contributed by atoms with Crippen molar-refractivity contribution in [3.05, 3.63) is 65.1 Å². The molecule has 0 aliphatic rings. The highest BCUT2D eigenvalue weighted by molar-refractivity contribution is 14.1. The summed E-state index contributed by atoms with van der Waals surface area (Å²) in [6.45, 7) is 4.17. The monoisotopic (exact) mass is 512 g/mol. The second kappa shape index (κ2) is 6.46. The molecular formula is C15H12Br2ClI. The van der Waals surface area contributed by atoms with Crippen molar-refractivity contribution in [1.29, 1.82) is 0 Å². The maximum Gasteiger partial charge on any atom is 0.0857 e. The van der Waals surface area contributed by atoms with Crippen LogP contribution in [0.4, 0.5) is 0 Å². The average Bonchev–Trinajstić information content (AvgIpc) is 2.36. The Morgan fingerprint density at radius 3 is 2.37 bits per heavy atom. The Morgan fingerprint density at radius 2 is 1.68 bits per heavy atom. The van der Waals surface area contributed by atoms with E-state index in [2.05, 4.69) is 98.6 Å². The summed E-state index contributed by atoms with van der Waals surface area (Å²) in [4.78, 5) is 0. The molecule has 0 radical (unpaired) electrons. The topological polar surface area (TPSA) is 0 Å². The number of hydrogen-bond acceptors (Lipinski definition) is 0. The van der Waals surface area contributed by atoms with Crippen LogP contribution in [-0.4, -0.2) is 0 Å². The lowest BCUT2D eigenvalue weighted by molar-refractivity contribution is 1.10. The van der Waals surface area contributed by atoms with Crippen molar-refractivity contribution in [3.8, 4) is 0 Å². The molecule has 19 heavy (non-hydrogen) atoms. The first kappa shape index (κ1) is 15.8. The van der Waals surface area contributed by atoms with Crippen molar-refractivity contribution in [2.24, 2.45) is 0 Å². The lowest BCUT2D eigenvalue weighted by atomic mass is 10.0. The van der Waals surface area contributed by atoms with Crippen LogP contribution < -0.4 is 0 Å². The van der Waals surface area contributed by atoms with Gasteiger partial charge in [-0.3, -0.25) is 0 Å². The summed E-state index contributed by atoms with van der Waals surface area (Å²) in [6, 6.07) is 10.4. The highest BCUT2D eigenvalue weighted by atomic mass is 127. The van der Waals surface area contributed by atoms with Gasteiger partial charge in [0.25, 0.3) is 0 Å². The van der Waals surface area contributed by atoms with Crippen LogP contribution in [0.3, 0.4) is 0 Å². The van der Waals surface area contributed by atoms with Gasteiger partial charge in [0.05, 0.1) is 5.38 Å². The van der Waals surface area contributed by atoms with E-state index in [1.165, 1.54) is 14.7 Å². The summed E-state index contributed by atoms with van der Waals surface area (Å²) in [5, 5.41) is -0.155. The van der Waals surface area contributed by atoms with Gasteiger partial charge < -0.3 is 0 Å². The molecule has 2 rings (SSSR count). The molecule has 0 aliphatic heterocycles. The molecule has 1 atom stereocenters. The Balaban J connectivity index is 2.53. The van der Waals surface area contributed by atoms with Crippen LogP contribution in [0.2, 0.25) is 0 Å². The lowest BCUT2D eigenvalue weighted by Gasteiger charge is -2.16. The summed E-state index contributed by atoms with van der Waals surface area (Å²) in [7, 11) is 0. The van der Waals surface area contributed by atoms with E-state index in [9.17, 15) is 0 Å². The molecule has 2 aromatic carbocycles. The highest BCUT2D eigenvalue weighted by Crippen LogP contribution is 2.38. The van der Waals surface area contributed by atoms with Crippen LogP contribution in [-0.2, 0) is 0 Å². The predicted molar refractivity (Wildman–Crippen MR) is 98.2 cm³/mol. The molecule has 1 unspecified atom stereocenters. The van der Waals surface area contributed by atoms with Gasteiger partial charge in [0, 0.05) is 12.5 Å². The van der Waals surface area contributed by atoms with Crippen LogP contribution in [0, 0.1) is 17.4 Å². The Kier molecular flexibility index (Phi) is 5.37. The Labute approximate surface area is 149 Å². The second-order valence-electron chi connectivity index (χ2n) is 4.46. The maximum absolute atomic E-state index is 6.68. The second-order valence-corrected chi connectivity index (χ2v) is 7.69. The molecule has 0 bridgehead atoms. The number of benzene rings is 2. The van der Waals surface area contributed by atoms with Crippen molar-refractivity contribution in [2.75, 3.05) is 0 Å².